The highest BCUT2D eigenvalue weighted by Gasteiger charge is 2.19. The Morgan fingerprint density at radius 3 is 2.88 bits per heavy atom. The van der Waals surface area contributed by atoms with Crippen LogP contribution in [0.15, 0.2) is 6.20 Å². The van der Waals surface area contributed by atoms with Gasteiger partial charge in [-0.1, -0.05) is 0 Å². The lowest BCUT2D eigenvalue weighted by atomic mass is 10.4. The van der Waals surface area contributed by atoms with Crippen LogP contribution in [-0.4, -0.2) is 37.0 Å². The number of rotatable bonds is 5. The van der Waals surface area contributed by atoms with Crippen LogP contribution in [0, 0.1) is 10.1 Å². The van der Waals surface area contributed by atoms with E-state index in [1.165, 1.54) is 10.9 Å². The third kappa shape index (κ3) is 3.30. The summed E-state index contributed by atoms with van der Waals surface area (Å²) in [6, 6.07) is -0.126. The number of nitrogens with zero attached hydrogens (tertiary/aromatic N) is 3. The maximum absolute atomic E-state index is 11.0. The first-order valence-electron chi connectivity index (χ1n) is 4.64. The van der Waals surface area contributed by atoms with Crippen molar-refractivity contribution in [2.75, 3.05) is 17.3 Å². The second kappa shape index (κ2) is 5.06. The molecule has 0 fully saturated rings. The van der Waals surface area contributed by atoms with E-state index < -0.39 is 15.7 Å². The smallest absolute Gasteiger partial charge is 0.330 e. The highest BCUT2D eigenvalue weighted by molar-refractivity contribution is 7.84. The van der Waals surface area contributed by atoms with Crippen LogP contribution in [0.5, 0.6) is 0 Å². The predicted molar refractivity (Wildman–Crippen MR) is 61.9 cm³/mol. The molecule has 0 aliphatic rings. The number of hydrogen-bond donors (Lipinski definition) is 1. The summed E-state index contributed by atoms with van der Waals surface area (Å²) in [6.07, 6.45) is 2.92. The zero-order valence-corrected chi connectivity index (χ0v) is 10.2. The van der Waals surface area contributed by atoms with E-state index >= 15 is 0 Å². The summed E-state index contributed by atoms with van der Waals surface area (Å²) in [5.74, 6) is 0.638. The summed E-state index contributed by atoms with van der Waals surface area (Å²) in [5.41, 5.74) is -0.0729. The zero-order valence-electron chi connectivity index (χ0n) is 9.34. The van der Waals surface area contributed by atoms with Gasteiger partial charge in [0.2, 0.25) is 5.82 Å². The van der Waals surface area contributed by atoms with Crippen LogP contribution in [-0.2, 0) is 17.8 Å². The molecule has 0 bridgehead atoms. The maximum Gasteiger partial charge on any atom is 0.330 e. The van der Waals surface area contributed by atoms with Crippen molar-refractivity contribution in [3.8, 4) is 0 Å². The van der Waals surface area contributed by atoms with Crippen molar-refractivity contribution < 1.29 is 9.13 Å². The van der Waals surface area contributed by atoms with Gasteiger partial charge in [0, 0.05) is 35.9 Å². The number of aryl methyl sites for hydroxylation is 1. The van der Waals surface area contributed by atoms with Crippen LogP contribution < -0.4 is 5.32 Å². The third-order valence-electron chi connectivity index (χ3n) is 1.87. The minimum absolute atomic E-state index is 0.0729. The van der Waals surface area contributed by atoms with E-state index in [0.29, 0.717) is 5.75 Å². The zero-order chi connectivity index (χ0) is 12.3. The van der Waals surface area contributed by atoms with Gasteiger partial charge in [0.05, 0.1) is 4.92 Å². The topological polar surface area (TPSA) is 90.1 Å². The maximum atomic E-state index is 11.0. The Bertz CT molecular complexity index is 417. The molecule has 90 valence electrons. The summed E-state index contributed by atoms with van der Waals surface area (Å²) in [7, 11) is 0.665. The molecule has 0 saturated heterocycles. The van der Waals surface area contributed by atoms with Crippen LogP contribution in [0.1, 0.15) is 6.92 Å². The number of anilines is 1. The van der Waals surface area contributed by atoms with Crippen molar-refractivity contribution in [2.24, 2.45) is 7.05 Å². The summed E-state index contributed by atoms with van der Waals surface area (Å²) in [6.45, 7) is 1.81. The lowest BCUT2D eigenvalue weighted by Crippen LogP contribution is -2.23. The largest absolute Gasteiger partial charge is 0.359 e. The molecule has 2 unspecified atom stereocenters. The average molecular weight is 246 g/mol. The van der Waals surface area contributed by atoms with E-state index in [0.717, 1.165) is 0 Å². The second-order valence-electron chi connectivity index (χ2n) is 3.58. The van der Waals surface area contributed by atoms with Gasteiger partial charge in [-0.05, 0) is 6.92 Å². The van der Waals surface area contributed by atoms with E-state index in [9.17, 15) is 14.3 Å². The van der Waals surface area contributed by atoms with Crippen LogP contribution >= 0.6 is 0 Å². The Hall–Kier alpha value is -1.44. The number of nitrogens with one attached hydrogen (secondary N) is 1. The molecule has 0 aliphatic carbocycles. The highest BCUT2D eigenvalue weighted by atomic mass is 32.2. The predicted octanol–water partition coefficient (Wildman–Crippen LogP) is 0.507. The Balaban J connectivity index is 2.80. The minimum Gasteiger partial charge on any atom is -0.359 e. The lowest BCUT2D eigenvalue weighted by Gasteiger charge is -2.10. The van der Waals surface area contributed by atoms with Crippen LogP contribution in [0.25, 0.3) is 0 Å². The van der Waals surface area contributed by atoms with Crippen molar-refractivity contribution in [2.45, 2.75) is 13.0 Å². The van der Waals surface area contributed by atoms with Crippen molar-refractivity contribution >= 4 is 22.3 Å². The highest BCUT2D eigenvalue weighted by Crippen LogP contribution is 2.22. The molecular weight excluding hydrogens is 232 g/mol. The molecule has 1 N–H and O–H groups in total. The third-order valence-corrected chi connectivity index (χ3v) is 2.84. The van der Waals surface area contributed by atoms with Gasteiger partial charge in [0.25, 0.3) is 0 Å². The summed E-state index contributed by atoms with van der Waals surface area (Å²) >= 11 is 0. The average Bonchev–Trinajstić information content (AvgIpc) is 2.44. The van der Waals surface area contributed by atoms with Gasteiger partial charge >= 0.3 is 5.69 Å². The van der Waals surface area contributed by atoms with E-state index in [4.69, 9.17) is 0 Å². The van der Waals surface area contributed by atoms with Crippen molar-refractivity contribution in [1.29, 1.82) is 0 Å². The normalized spacial score (nSPS) is 14.4. The van der Waals surface area contributed by atoms with Gasteiger partial charge in [-0.3, -0.25) is 19.0 Å². The summed E-state index contributed by atoms with van der Waals surface area (Å²) in [4.78, 5) is 10.2. The lowest BCUT2D eigenvalue weighted by molar-refractivity contribution is -0.384. The van der Waals surface area contributed by atoms with E-state index in [-0.39, 0.29) is 17.5 Å². The standard InChI is InChI=1S/C8H14N4O3S/c1-6(5-16(3)15)9-8-7(12(13)14)4-11(2)10-8/h4,6H,5H2,1-3H3,(H,9,10). The van der Waals surface area contributed by atoms with Crippen molar-refractivity contribution in [1.82, 2.24) is 9.78 Å². The number of hydrogen-bond acceptors (Lipinski definition) is 5. The molecular formula is C8H14N4O3S. The Morgan fingerprint density at radius 2 is 2.38 bits per heavy atom. The SMILES string of the molecule is CC(CS(C)=O)Nc1nn(C)cc1[N+](=O)[O-]. The fourth-order valence-electron chi connectivity index (χ4n) is 1.34. The fourth-order valence-corrected chi connectivity index (χ4v) is 2.13. The van der Waals surface area contributed by atoms with Crippen molar-refractivity contribution in [3.63, 3.8) is 0 Å². The molecule has 0 aromatic carbocycles. The van der Waals surface area contributed by atoms with E-state index in [1.54, 1.807) is 20.2 Å². The molecule has 0 spiro atoms. The second-order valence-corrected chi connectivity index (χ2v) is 5.06. The Morgan fingerprint density at radius 1 is 1.75 bits per heavy atom. The van der Waals surface area contributed by atoms with E-state index in [1.807, 2.05) is 0 Å². The van der Waals surface area contributed by atoms with Crippen LogP contribution in [0.3, 0.4) is 0 Å². The summed E-state index contributed by atoms with van der Waals surface area (Å²) in [5, 5.41) is 17.5. The molecule has 0 amide bonds. The monoisotopic (exact) mass is 246 g/mol. The minimum atomic E-state index is -0.947. The molecule has 1 aromatic heterocycles. The molecule has 16 heavy (non-hydrogen) atoms. The first-order chi connectivity index (χ1) is 7.40. The van der Waals surface area contributed by atoms with Gasteiger partial charge in [-0.15, -0.1) is 5.10 Å². The first-order valence-corrected chi connectivity index (χ1v) is 6.37. The first kappa shape index (κ1) is 12.6. The molecule has 1 rings (SSSR count). The van der Waals surface area contributed by atoms with Gasteiger partial charge in [-0.2, -0.15) is 0 Å². The molecule has 8 heteroatoms. The van der Waals surface area contributed by atoms with Crippen molar-refractivity contribution in [3.05, 3.63) is 16.3 Å². The van der Waals surface area contributed by atoms with Gasteiger partial charge in [-0.25, -0.2) is 0 Å². The molecule has 2 atom stereocenters. The molecule has 1 heterocycles. The molecule has 1 aromatic rings. The Kier molecular flexibility index (Phi) is 3.99. The molecule has 0 aliphatic heterocycles. The summed E-state index contributed by atoms with van der Waals surface area (Å²) < 4.78 is 12.4. The molecule has 0 radical (unpaired) electrons. The van der Waals surface area contributed by atoms with Crippen LogP contribution in [0.2, 0.25) is 0 Å². The Labute approximate surface area is 95.4 Å². The van der Waals surface area contributed by atoms with Gasteiger partial charge in [0.1, 0.15) is 6.20 Å². The molecule has 0 saturated carbocycles. The van der Waals surface area contributed by atoms with Gasteiger partial charge < -0.3 is 5.32 Å². The molecule has 7 nitrogen and oxygen atoms in total. The fraction of sp³-hybridized carbons (Fsp3) is 0.625. The van der Waals surface area contributed by atoms with Gasteiger partial charge in [0.15, 0.2) is 0 Å². The number of nitro groups is 1. The van der Waals surface area contributed by atoms with Crippen LogP contribution in [0.4, 0.5) is 11.5 Å². The van der Waals surface area contributed by atoms with E-state index in [2.05, 4.69) is 10.4 Å². The quantitative estimate of drug-likeness (QED) is 0.603. The number of aromatic nitrogens is 2.